The first-order valence-electron chi connectivity index (χ1n) is 14.0. The molecule has 204 valence electrons. The molecule has 9 nitrogen and oxygen atoms in total. The van der Waals surface area contributed by atoms with E-state index in [0.29, 0.717) is 24.5 Å². The molecular weight excluding hydrogens is 492 g/mol. The number of tetrazole rings is 1. The minimum absolute atomic E-state index is 0.0864. The van der Waals surface area contributed by atoms with Gasteiger partial charge in [0.25, 0.3) is 5.56 Å². The molecule has 1 saturated heterocycles. The molecule has 0 amide bonds. The van der Waals surface area contributed by atoms with Gasteiger partial charge in [0.2, 0.25) is 0 Å². The highest BCUT2D eigenvalue weighted by atomic mass is 16.5. The quantitative estimate of drug-likeness (QED) is 0.336. The molecule has 0 spiro atoms. The van der Waals surface area contributed by atoms with E-state index in [1.807, 2.05) is 48.0 Å². The minimum atomic E-state index is -0.444. The van der Waals surface area contributed by atoms with Gasteiger partial charge in [-0.25, -0.2) is 4.68 Å². The van der Waals surface area contributed by atoms with Crippen LogP contribution in [-0.2, 0) is 11.3 Å². The Morgan fingerprint density at radius 1 is 1.13 bits per heavy atom. The van der Waals surface area contributed by atoms with Crippen LogP contribution in [0.25, 0.3) is 10.9 Å². The van der Waals surface area contributed by atoms with Crippen molar-refractivity contribution >= 4 is 10.9 Å². The number of aromatic nitrogens is 5. The molecule has 0 bridgehead atoms. The Kier molecular flexibility index (Phi) is 7.43. The zero-order valence-corrected chi connectivity index (χ0v) is 22.7. The number of para-hydroxylation sites is 1. The van der Waals surface area contributed by atoms with E-state index < -0.39 is 6.04 Å². The van der Waals surface area contributed by atoms with E-state index in [-0.39, 0.29) is 17.7 Å². The zero-order chi connectivity index (χ0) is 26.8. The fourth-order valence-electron chi connectivity index (χ4n) is 6.17. The van der Waals surface area contributed by atoms with Crippen molar-refractivity contribution in [1.82, 2.24) is 30.1 Å². The SMILES string of the molecule is COc1ccc(CN(C[C@@H]2CCCO2)[C@H](c2cc3cccc(C)c3[nH]c2=O)c2nnnn2C2CCCC2)cc1. The first kappa shape index (κ1) is 25.7. The first-order chi connectivity index (χ1) is 19.1. The lowest BCUT2D eigenvalue weighted by molar-refractivity contribution is 0.0569. The molecular formula is C30H36N6O3. The Hall–Kier alpha value is -3.56. The van der Waals surface area contributed by atoms with Gasteiger partial charge in [-0.15, -0.1) is 5.10 Å². The van der Waals surface area contributed by atoms with Gasteiger partial charge in [-0.3, -0.25) is 9.69 Å². The number of benzene rings is 2. The van der Waals surface area contributed by atoms with Gasteiger partial charge in [0, 0.05) is 25.3 Å². The third kappa shape index (κ3) is 5.33. The third-order valence-electron chi connectivity index (χ3n) is 8.22. The molecule has 1 aliphatic carbocycles. The molecule has 1 N–H and O–H groups in total. The Balaban J connectivity index is 1.49. The van der Waals surface area contributed by atoms with Crippen LogP contribution in [0.5, 0.6) is 5.75 Å². The van der Waals surface area contributed by atoms with E-state index in [1.54, 1.807) is 7.11 Å². The number of pyridine rings is 1. The van der Waals surface area contributed by atoms with Gasteiger partial charge >= 0.3 is 0 Å². The predicted molar refractivity (Wildman–Crippen MR) is 149 cm³/mol. The van der Waals surface area contributed by atoms with Crippen molar-refractivity contribution in [2.45, 2.75) is 70.2 Å². The van der Waals surface area contributed by atoms with Crippen LogP contribution < -0.4 is 10.3 Å². The molecule has 4 aromatic rings. The van der Waals surface area contributed by atoms with Crippen LogP contribution in [0.15, 0.2) is 53.3 Å². The minimum Gasteiger partial charge on any atom is -0.497 e. The molecule has 9 heteroatoms. The number of aryl methyl sites for hydroxylation is 1. The number of rotatable bonds is 9. The Morgan fingerprint density at radius 2 is 1.95 bits per heavy atom. The number of hydrogen-bond donors (Lipinski definition) is 1. The molecule has 2 aromatic heterocycles. The fraction of sp³-hybridized carbons (Fsp3) is 0.467. The Morgan fingerprint density at radius 3 is 2.69 bits per heavy atom. The fourth-order valence-corrected chi connectivity index (χ4v) is 6.17. The second-order valence-electron chi connectivity index (χ2n) is 10.8. The zero-order valence-electron chi connectivity index (χ0n) is 22.7. The lowest BCUT2D eigenvalue weighted by Gasteiger charge is -2.33. The lowest BCUT2D eigenvalue weighted by Crippen LogP contribution is -2.39. The number of ether oxygens (including phenoxy) is 2. The molecule has 39 heavy (non-hydrogen) atoms. The summed E-state index contributed by atoms with van der Waals surface area (Å²) in [5.41, 5.74) is 3.55. The standard InChI is InChI=1S/C30H36N6O3/c1-20-7-5-8-22-17-26(30(37)31-27(20)22)28(29-32-33-34-36(29)23-9-3-4-10-23)35(19-25-11-6-16-39-25)18-21-12-14-24(38-2)15-13-21/h5,7-8,12-15,17,23,25,28H,3-4,6,9-11,16,18-19H2,1-2H3,(H,31,37)/t25-,28+/m0/s1. The number of H-pyrrole nitrogens is 1. The lowest BCUT2D eigenvalue weighted by atomic mass is 10.00. The normalized spacial score (nSPS) is 18.8. The van der Waals surface area contributed by atoms with E-state index in [9.17, 15) is 4.79 Å². The monoisotopic (exact) mass is 528 g/mol. The van der Waals surface area contributed by atoms with Gasteiger partial charge in [-0.05, 0) is 77.7 Å². The van der Waals surface area contributed by atoms with Crippen LogP contribution in [0.1, 0.15) is 73.1 Å². The van der Waals surface area contributed by atoms with Gasteiger partial charge in [0.1, 0.15) is 11.8 Å². The van der Waals surface area contributed by atoms with Crippen molar-refractivity contribution in [3.63, 3.8) is 0 Å². The Bertz CT molecular complexity index is 1470. The molecule has 2 atom stereocenters. The van der Waals surface area contributed by atoms with Gasteiger partial charge in [0.15, 0.2) is 5.82 Å². The van der Waals surface area contributed by atoms with E-state index in [1.165, 1.54) is 0 Å². The molecule has 1 saturated carbocycles. The highest BCUT2D eigenvalue weighted by Crippen LogP contribution is 2.35. The Labute approximate surface area is 228 Å². The first-order valence-corrected chi connectivity index (χ1v) is 14.0. The number of aromatic amines is 1. The third-order valence-corrected chi connectivity index (χ3v) is 8.22. The van der Waals surface area contributed by atoms with Crippen molar-refractivity contribution in [2.24, 2.45) is 0 Å². The van der Waals surface area contributed by atoms with Gasteiger partial charge < -0.3 is 14.5 Å². The summed E-state index contributed by atoms with van der Waals surface area (Å²) in [6, 6.07) is 16.0. The maximum absolute atomic E-state index is 13.8. The number of hydrogen-bond acceptors (Lipinski definition) is 7. The van der Waals surface area contributed by atoms with Crippen LogP contribution in [0.4, 0.5) is 0 Å². The maximum atomic E-state index is 13.8. The summed E-state index contributed by atoms with van der Waals surface area (Å²) >= 11 is 0. The number of methoxy groups -OCH3 is 1. The highest BCUT2D eigenvalue weighted by Gasteiger charge is 2.35. The van der Waals surface area contributed by atoms with Gasteiger partial charge in [-0.2, -0.15) is 0 Å². The van der Waals surface area contributed by atoms with Crippen molar-refractivity contribution in [3.05, 3.63) is 81.4 Å². The molecule has 6 rings (SSSR count). The molecule has 2 fully saturated rings. The number of fused-ring (bicyclic) bond motifs is 1. The van der Waals surface area contributed by atoms with E-state index in [2.05, 4.69) is 37.5 Å². The second kappa shape index (κ2) is 11.3. The van der Waals surface area contributed by atoms with Crippen LogP contribution in [0.2, 0.25) is 0 Å². The number of nitrogens with one attached hydrogen (secondary N) is 1. The summed E-state index contributed by atoms with van der Waals surface area (Å²) < 4.78 is 13.5. The van der Waals surface area contributed by atoms with Gasteiger partial charge in [-0.1, -0.05) is 43.2 Å². The predicted octanol–water partition coefficient (Wildman–Crippen LogP) is 4.72. The second-order valence-corrected chi connectivity index (χ2v) is 10.8. The highest BCUT2D eigenvalue weighted by molar-refractivity contribution is 5.82. The molecule has 1 aliphatic heterocycles. The summed E-state index contributed by atoms with van der Waals surface area (Å²) in [6.45, 7) is 4.06. The van der Waals surface area contributed by atoms with Crippen molar-refractivity contribution < 1.29 is 9.47 Å². The van der Waals surface area contributed by atoms with Crippen molar-refractivity contribution in [1.29, 1.82) is 0 Å². The van der Waals surface area contributed by atoms with E-state index in [4.69, 9.17) is 9.47 Å². The smallest absolute Gasteiger partial charge is 0.253 e. The topological polar surface area (TPSA) is 98.2 Å². The summed E-state index contributed by atoms with van der Waals surface area (Å²) in [5.74, 6) is 1.53. The summed E-state index contributed by atoms with van der Waals surface area (Å²) in [7, 11) is 1.67. The van der Waals surface area contributed by atoms with Gasteiger partial charge in [0.05, 0.1) is 24.8 Å². The van der Waals surface area contributed by atoms with E-state index in [0.717, 1.165) is 72.9 Å². The van der Waals surface area contributed by atoms with Crippen molar-refractivity contribution in [3.8, 4) is 5.75 Å². The summed E-state index contributed by atoms with van der Waals surface area (Å²) in [6.07, 6.45) is 6.54. The average Bonchev–Trinajstić information content (AvgIpc) is 3.74. The van der Waals surface area contributed by atoms with Crippen LogP contribution in [-0.4, -0.2) is 56.5 Å². The van der Waals surface area contributed by atoms with Crippen molar-refractivity contribution in [2.75, 3.05) is 20.3 Å². The summed E-state index contributed by atoms with van der Waals surface area (Å²) in [5, 5.41) is 14.2. The van der Waals surface area contributed by atoms with Crippen LogP contribution in [0.3, 0.4) is 0 Å². The van der Waals surface area contributed by atoms with Crippen LogP contribution in [0, 0.1) is 6.92 Å². The molecule has 0 radical (unpaired) electrons. The molecule has 0 unspecified atom stereocenters. The summed E-state index contributed by atoms with van der Waals surface area (Å²) in [4.78, 5) is 19.3. The largest absolute Gasteiger partial charge is 0.497 e. The maximum Gasteiger partial charge on any atom is 0.253 e. The van der Waals surface area contributed by atoms with Crippen LogP contribution >= 0.6 is 0 Å². The molecule has 3 heterocycles. The van der Waals surface area contributed by atoms with E-state index >= 15 is 0 Å². The molecule has 2 aromatic carbocycles. The average molecular weight is 529 g/mol. The molecule has 2 aliphatic rings. The number of nitrogens with zero attached hydrogens (tertiary/aromatic N) is 5.